The van der Waals surface area contributed by atoms with Gasteiger partial charge in [0.25, 0.3) is 0 Å². The number of anilines is 2. The van der Waals surface area contributed by atoms with E-state index in [4.69, 9.17) is 17.0 Å². The van der Waals surface area contributed by atoms with Crippen LogP contribution in [-0.2, 0) is 17.6 Å². The smallest absolute Gasteiger partial charge is 0.341 e. The van der Waals surface area contributed by atoms with E-state index in [1.54, 1.807) is 11.3 Å². The van der Waals surface area contributed by atoms with E-state index in [9.17, 15) is 4.79 Å². The molecule has 1 heterocycles. The van der Waals surface area contributed by atoms with Gasteiger partial charge in [0.15, 0.2) is 5.11 Å². The van der Waals surface area contributed by atoms with Crippen LogP contribution in [0.2, 0.25) is 0 Å². The van der Waals surface area contributed by atoms with Crippen LogP contribution in [-0.4, -0.2) is 17.7 Å². The van der Waals surface area contributed by atoms with Crippen LogP contribution < -0.4 is 10.6 Å². The molecule has 1 aromatic carbocycles. The first-order valence-corrected chi connectivity index (χ1v) is 10.8. The van der Waals surface area contributed by atoms with Crippen LogP contribution in [0.5, 0.6) is 0 Å². The Morgan fingerprint density at radius 3 is 2.77 bits per heavy atom. The van der Waals surface area contributed by atoms with E-state index in [-0.39, 0.29) is 5.97 Å². The summed E-state index contributed by atoms with van der Waals surface area (Å²) in [5, 5.41) is 7.63. The second-order valence-electron chi connectivity index (χ2n) is 6.05. The highest BCUT2D eigenvalue weighted by Gasteiger charge is 2.26. The Morgan fingerprint density at radius 1 is 1.23 bits per heavy atom. The number of carbonyl (C=O) groups is 1. The third-order valence-corrected chi connectivity index (χ3v) is 6.35. The van der Waals surface area contributed by atoms with Crippen molar-refractivity contribution >= 4 is 61.3 Å². The van der Waals surface area contributed by atoms with Crippen molar-refractivity contribution in [2.45, 2.75) is 39.0 Å². The number of esters is 1. The Balaban J connectivity index is 1.85. The van der Waals surface area contributed by atoms with Gasteiger partial charge < -0.3 is 15.4 Å². The quantitative estimate of drug-likeness (QED) is 0.350. The lowest BCUT2D eigenvalue weighted by molar-refractivity contribution is 0.0527. The molecule has 0 fully saturated rings. The number of halogens is 1. The maximum atomic E-state index is 12.6. The summed E-state index contributed by atoms with van der Waals surface area (Å²) in [4.78, 5) is 13.9. The highest BCUT2D eigenvalue weighted by molar-refractivity contribution is 9.10. The Labute approximate surface area is 171 Å². The minimum absolute atomic E-state index is 0.266. The monoisotopic (exact) mass is 452 g/mol. The molecule has 0 saturated carbocycles. The molecule has 4 nitrogen and oxygen atoms in total. The number of thiophene rings is 1. The fourth-order valence-electron chi connectivity index (χ4n) is 3.07. The molecular weight excluding hydrogens is 432 g/mol. The number of fused-ring (bicyclic) bond motifs is 1. The lowest BCUT2D eigenvalue weighted by Crippen LogP contribution is -2.20. The first-order valence-electron chi connectivity index (χ1n) is 8.74. The van der Waals surface area contributed by atoms with Crippen molar-refractivity contribution in [3.05, 3.63) is 44.7 Å². The molecule has 26 heavy (non-hydrogen) atoms. The summed E-state index contributed by atoms with van der Waals surface area (Å²) in [6, 6.07) is 7.77. The minimum atomic E-state index is -0.266. The zero-order valence-electron chi connectivity index (χ0n) is 14.6. The molecule has 1 aliphatic rings. The third-order valence-electron chi connectivity index (χ3n) is 4.25. The molecular formula is C19H21BrN2O2S2. The largest absolute Gasteiger partial charge is 0.462 e. The standard InChI is InChI=1S/C19H21BrN2O2S2/c1-2-24-18(23)16-12-8-4-3-5-11-15(12)26-17(16)22-19(25)21-14-10-7-6-9-13(14)20/h6-7,9-10H,2-5,8,11H2,1H3,(H2,21,22,25). The van der Waals surface area contributed by atoms with Crippen molar-refractivity contribution in [3.63, 3.8) is 0 Å². The van der Waals surface area contributed by atoms with Crippen molar-refractivity contribution < 1.29 is 9.53 Å². The molecule has 2 N–H and O–H groups in total. The second-order valence-corrected chi connectivity index (χ2v) is 8.42. The van der Waals surface area contributed by atoms with E-state index in [1.165, 1.54) is 11.3 Å². The van der Waals surface area contributed by atoms with Crippen LogP contribution in [0, 0.1) is 0 Å². The maximum absolute atomic E-state index is 12.6. The molecule has 0 radical (unpaired) electrons. The van der Waals surface area contributed by atoms with E-state index in [0.717, 1.165) is 46.4 Å². The van der Waals surface area contributed by atoms with Gasteiger partial charge in [0.05, 0.1) is 17.9 Å². The number of aryl methyl sites for hydroxylation is 1. The summed E-state index contributed by atoms with van der Waals surface area (Å²) in [6.45, 7) is 2.19. The molecule has 0 unspecified atom stereocenters. The van der Waals surface area contributed by atoms with E-state index in [2.05, 4.69) is 26.6 Å². The van der Waals surface area contributed by atoms with E-state index < -0.39 is 0 Å². The van der Waals surface area contributed by atoms with Crippen LogP contribution in [0.25, 0.3) is 0 Å². The number of hydrogen-bond donors (Lipinski definition) is 2. The van der Waals surface area contributed by atoms with Crippen molar-refractivity contribution in [1.82, 2.24) is 0 Å². The molecule has 138 valence electrons. The normalized spacial score (nSPS) is 13.5. The number of thiocarbonyl (C=S) groups is 1. The van der Waals surface area contributed by atoms with Crippen molar-refractivity contribution in [2.24, 2.45) is 0 Å². The second kappa shape index (κ2) is 8.97. The van der Waals surface area contributed by atoms with Gasteiger partial charge in [0.1, 0.15) is 5.00 Å². The molecule has 1 aromatic heterocycles. The molecule has 7 heteroatoms. The average molecular weight is 453 g/mol. The molecule has 0 spiro atoms. The van der Waals surface area contributed by atoms with Crippen LogP contribution >= 0.6 is 39.5 Å². The molecule has 0 aliphatic heterocycles. The van der Waals surface area contributed by atoms with Crippen molar-refractivity contribution in [2.75, 3.05) is 17.2 Å². The van der Waals surface area contributed by atoms with Crippen LogP contribution in [0.4, 0.5) is 10.7 Å². The number of nitrogens with one attached hydrogen (secondary N) is 2. The van der Waals surface area contributed by atoms with Crippen LogP contribution in [0.1, 0.15) is 47.0 Å². The van der Waals surface area contributed by atoms with Gasteiger partial charge in [0, 0.05) is 9.35 Å². The predicted octanol–water partition coefficient (Wildman–Crippen LogP) is 5.77. The number of para-hydroxylation sites is 1. The Bertz CT molecular complexity index is 820. The van der Waals surface area contributed by atoms with Gasteiger partial charge in [-0.25, -0.2) is 4.79 Å². The van der Waals surface area contributed by atoms with Gasteiger partial charge in [-0.3, -0.25) is 0 Å². The van der Waals surface area contributed by atoms with Crippen LogP contribution in [0.3, 0.4) is 0 Å². The first-order chi connectivity index (χ1) is 12.6. The zero-order valence-corrected chi connectivity index (χ0v) is 17.8. The molecule has 0 saturated heterocycles. The highest BCUT2D eigenvalue weighted by atomic mass is 79.9. The molecule has 1 aliphatic carbocycles. The van der Waals surface area contributed by atoms with E-state index in [0.29, 0.717) is 17.3 Å². The van der Waals surface area contributed by atoms with Crippen LogP contribution in [0.15, 0.2) is 28.7 Å². The van der Waals surface area contributed by atoms with Gasteiger partial charge in [-0.15, -0.1) is 11.3 Å². The Morgan fingerprint density at radius 2 is 2.00 bits per heavy atom. The summed E-state index contributed by atoms with van der Waals surface area (Å²) in [6.07, 6.45) is 5.41. The lowest BCUT2D eigenvalue weighted by atomic mass is 10.1. The molecule has 0 bridgehead atoms. The van der Waals surface area contributed by atoms with Crippen molar-refractivity contribution in [3.8, 4) is 0 Å². The van der Waals surface area contributed by atoms with E-state index in [1.807, 2.05) is 31.2 Å². The number of hydrogen-bond acceptors (Lipinski definition) is 4. The lowest BCUT2D eigenvalue weighted by Gasteiger charge is -2.12. The van der Waals surface area contributed by atoms with Gasteiger partial charge in [-0.05, 0) is 78.5 Å². The predicted molar refractivity (Wildman–Crippen MR) is 116 cm³/mol. The third kappa shape index (κ3) is 4.45. The average Bonchev–Trinajstić information content (AvgIpc) is 2.78. The summed E-state index contributed by atoms with van der Waals surface area (Å²) in [5.41, 5.74) is 2.67. The molecule has 3 rings (SSSR count). The molecule has 0 atom stereocenters. The number of rotatable bonds is 4. The Hall–Kier alpha value is -1.44. The number of ether oxygens (including phenoxy) is 1. The SMILES string of the molecule is CCOC(=O)c1c(NC(=S)Nc2ccccc2Br)sc2c1CCCCC2. The number of carbonyl (C=O) groups excluding carboxylic acids is 1. The first kappa shape index (κ1) is 19.3. The summed E-state index contributed by atoms with van der Waals surface area (Å²) >= 11 is 10.6. The topological polar surface area (TPSA) is 50.4 Å². The fraction of sp³-hybridized carbons (Fsp3) is 0.368. The van der Waals surface area contributed by atoms with Gasteiger partial charge >= 0.3 is 5.97 Å². The fourth-order valence-corrected chi connectivity index (χ4v) is 5.01. The highest BCUT2D eigenvalue weighted by Crippen LogP contribution is 2.38. The minimum Gasteiger partial charge on any atom is -0.462 e. The van der Waals surface area contributed by atoms with Crippen molar-refractivity contribution in [1.29, 1.82) is 0 Å². The Kier molecular flexibility index (Phi) is 6.67. The van der Waals surface area contributed by atoms with Gasteiger partial charge in [-0.1, -0.05) is 18.6 Å². The molecule has 2 aromatic rings. The zero-order chi connectivity index (χ0) is 18.5. The summed E-state index contributed by atoms with van der Waals surface area (Å²) in [7, 11) is 0. The van der Waals surface area contributed by atoms with E-state index >= 15 is 0 Å². The summed E-state index contributed by atoms with van der Waals surface area (Å²) in [5.74, 6) is -0.266. The van der Waals surface area contributed by atoms with Gasteiger partial charge in [-0.2, -0.15) is 0 Å². The van der Waals surface area contributed by atoms with Gasteiger partial charge in [0.2, 0.25) is 0 Å². The summed E-state index contributed by atoms with van der Waals surface area (Å²) < 4.78 is 6.24. The maximum Gasteiger partial charge on any atom is 0.341 e. The molecule has 0 amide bonds. The number of benzene rings is 1.